The van der Waals surface area contributed by atoms with Gasteiger partial charge in [0.2, 0.25) is 5.91 Å². The van der Waals surface area contributed by atoms with Gasteiger partial charge in [0.1, 0.15) is 0 Å². The predicted octanol–water partition coefficient (Wildman–Crippen LogP) is 2.63. The number of pyridine rings is 1. The van der Waals surface area contributed by atoms with Gasteiger partial charge in [-0.1, -0.05) is 13.8 Å². The van der Waals surface area contributed by atoms with Crippen molar-refractivity contribution < 1.29 is 4.79 Å². The molecule has 19 heavy (non-hydrogen) atoms. The lowest BCUT2D eigenvalue weighted by Crippen LogP contribution is -2.41. The number of carbonyl (C=O) groups is 1. The van der Waals surface area contributed by atoms with Gasteiger partial charge < -0.3 is 10.2 Å². The molecule has 0 aromatic carbocycles. The Morgan fingerprint density at radius 3 is 2.63 bits per heavy atom. The molecule has 104 valence electrons. The van der Waals surface area contributed by atoms with Crippen LogP contribution in [0.4, 0.5) is 5.69 Å². The molecule has 2 heterocycles. The van der Waals surface area contributed by atoms with E-state index in [9.17, 15) is 4.79 Å². The van der Waals surface area contributed by atoms with Crippen molar-refractivity contribution in [2.45, 2.75) is 45.6 Å². The maximum absolute atomic E-state index is 11.3. The van der Waals surface area contributed by atoms with E-state index in [4.69, 9.17) is 0 Å². The van der Waals surface area contributed by atoms with Crippen molar-refractivity contribution in [3.8, 4) is 0 Å². The van der Waals surface area contributed by atoms with Gasteiger partial charge in [-0.25, -0.2) is 0 Å². The van der Waals surface area contributed by atoms with Crippen molar-refractivity contribution in [2.75, 3.05) is 18.4 Å². The maximum atomic E-state index is 11.3. The zero-order valence-corrected chi connectivity index (χ0v) is 12.0. The van der Waals surface area contributed by atoms with Crippen LogP contribution in [0.1, 0.15) is 45.1 Å². The Hall–Kier alpha value is -1.58. The molecule has 1 aliphatic rings. The molecule has 4 heteroatoms. The Balaban J connectivity index is 1.92. The number of piperidine rings is 1. The summed E-state index contributed by atoms with van der Waals surface area (Å²) in [4.78, 5) is 17.5. The van der Waals surface area contributed by atoms with E-state index in [-0.39, 0.29) is 5.91 Å². The van der Waals surface area contributed by atoms with E-state index < -0.39 is 0 Å². The molecule has 2 rings (SSSR count). The van der Waals surface area contributed by atoms with Crippen molar-refractivity contribution in [3.63, 3.8) is 0 Å². The Morgan fingerprint density at radius 2 is 2.05 bits per heavy atom. The number of hydrogen-bond donors (Lipinski definition) is 1. The topological polar surface area (TPSA) is 45.2 Å². The number of nitrogens with zero attached hydrogens (tertiary/aromatic N) is 2. The van der Waals surface area contributed by atoms with E-state index in [0.29, 0.717) is 12.0 Å². The van der Waals surface area contributed by atoms with Crippen LogP contribution in [0.5, 0.6) is 0 Å². The monoisotopic (exact) mass is 261 g/mol. The van der Waals surface area contributed by atoms with Crippen LogP contribution in [0.25, 0.3) is 0 Å². The first kappa shape index (κ1) is 13.8. The quantitative estimate of drug-likeness (QED) is 0.909. The molecule has 1 aliphatic heterocycles. The van der Waals surface area contributed by atoms with Crippen LogP contribution in [-0.4, -0.2) is 34.9 Å². The first-order chi connectivity index (χ1) is 9.06. The number of likely N-dealkylation sites (tertiary alicyclic amines) is 1. The van der Waals surface area contributed by atoms with Crippen LogP contribution in [-0.2, 0) is 4.79 Å². The fourth-order valence-corrected chi connectivity index (χ4v) is 2.43. The molecule has 0 spiro atoms. The van der Waals surface area contributed by atoms with Gasteiger partial charge >= 0.3 is 0 Å². The van der Waals surface area contributed by atoms with Gasteiger partial charge in [-0.3, -0.25) is 9.78 Å². The average molecular weight is 261 g/mol. The molecule has 1 fully saturated rings. The number of hydrogen-bond acceptors (Lipinski definition) is 3. The van der Waals surface area contributed by atoms with Gasteiger partial charge in [0.05, 0.1) is 5.69 Å². The summed E-state index contributed by atoms with van der Waals surface area (Å²) < 4.78 is 0. The largest absolute Gasteiger partial charge is 0.381 e. The summed E-state index contributed by atoms with van der Waals surface area (Å²) in [5.74, 6) is 0.677. The van der Waals surface area contributed by atoms with Crippen LogP contribution in [0, 0.1) is 0 Å². The number of aromatic nitrogens is 1. The van der Waals surface area contributed by atoms with Crippen molar-refractivity contribution >= 4 is 11.6 Å². The molecule has 1 amide bonds. The summed E-state index contributed by atoms with van der Waals surface area (Å²) in [5, 5.41) is 3.54. The SMILES string of the molecule is CC(=O)N1CCC(Nc2cncc(C(C)C)c2)CC1. The second-order valence-electron chi connectivity index (χ2n) is 5.59. The molecule has 1 saturated heterocycles. The molecular formula is C15H23N3O. The molecule has 1 aromatic heterocycles. The number of nitrogens with one attached hydrogen (secondary N) is 1. The van der Waals surface area contributed by atoms with E-state index >= 15 is 0 Å². The molecule has 0 unspecified atom stereocenters. The van der Waals surface area contributed by atoms with Crippen LogP contribution >= 0.6 is 0 Å². The second-order valence-corrected chi connectivity index (χ2v) is 5.59. The normalized spacial score (nSPS) is 16.7. The highest BCUT2D eigenvalue weighted by Crippen LogP contribution is 2.20. The molecule has 1 aromatic rings. The lowest BCUT2D eigenvalue weighted by atomic mass is 10.0. The zero-order valence-electron chi connectivity index (χ0n) is 12.0. The first-order valence-electron chi connectivity index (χ1n) is 7.03. The van der Waals surface area contributed by atoms with Crippen LogP contribution in [0.3, 0.4) is 0 Å². The number of amides is 1. The van der Waals surface area contributed by atoms with Crippen LogP contribution < -0.4 is 5.32 Å². The third-order valence-corrected chi connectivity index (χ3v) is 3.74. The van der Waals surface area contributed by atoms with Crippen LogP contribution in [0.2, 0.25) is 0 Å². The minimum Gasteiger partial charge on any atom is -0.381 e. The van der Waals surface area contributed by atoms with Crippen molar-refractivity contribution in [1.82, 2.24) is 9.88 Å². The summed E-state index contributed by atoms with van der Waals surface area (Å²) in [7, 11) is 0. The van der Waals surface area contributed by atoms with Gasteiger partial charge in [0, 0.05) is 38.4 Å². The molecule has 0 atom stereocenters. The van der Waals surface area contributed by atoms with Crippen molar-refractivity contribution in [1.29, 1.82) is 0 Å². The highest BCUT2D eigenvalue weighted by atomic mass is 16.2. The first-order valence-corrected chi connectivity index (χ1v) is 7.03. The molecule has 0 bridgehead atoms. The third-order valence-electron chi connectivity index (χ3n) is 3.74. The summed E-state index contributed by atoms with van der Waals surface area (Å²) in [6.45, 7) is 7.69. The smallest absolute Gasteiger partial charge is 0.219 e. The molecular weight excluding hydrogens is 238 g/mol. The minimum absolute atomic E-state index is 0.182. The molecule has 0 aliphatic carbocycles. The standard InChI is InChI=1S/C15H23N3O/c1-11(2)13-8-15(10-16-9-13)17-14-4-6-18(7-5-14)12(3)19/h8-11,14,17H,4-7H2,1-3H3. The van der Waals surface area contributed by atoms with Gasteiger partial charge in [-0.15, -0.1) is 0 Å². The van der Waals surface area contributed by atoms with Gasteiger partial charge in [0.15, 0.2) is 0 Å². The molecule has 4 nitrogen and oxygen atoms in total. The van der Waals surface area contributed by atoms with Gasteiger partial charge in [0.25, 0.3) is 0 Å². The van der Waals surface area contributed by atoms with E-state index in [1.54, 1.807) is 6.92 Å². The predicted molar refractivity (Wildman–Crippen MR) is 77.2 cm³/mol. The summed E-state index contributed by atoms with van der Waals surface area (Å²) in [5.41, 5.74) is 2.35. The molecule has 1 N–H and O–H groups in total. The lowest BCUT2D eigenvalue weighted by molar-refractivity contribution is -0.129. The van der Waals surface area contributed by atoms with Crippen LogP contribution in [0.15, 0.2) is 18.5 Å². The van der Waals surface area contributed by atoms with E-state index in [1.165, 1.54) is 5.56 Å². The number of carbonyl (C=O) groups excluding carboxylic acids is 1. The highest BCUT2D eigenvalue weighted by Gasteiger charge is 2.20. The van der Waals surface area contributed by atoms with Crippen molar-refractivity contribution in [2.24, 2.45) is 0 Å². The molecule has 0 radical (unpaired) electrons. The number of anilines is 1. The highest BCUT2D eigenvalue weighted by molar-refractivity contribution is 5.73. The van der Waals surface area contributed by atoms with Gasteiger partial charge in [-0.05, 0) is 30.4 Å². The Kier molecular flexibility index (Phi) is 4.40. The zero-order chi connectivity index (χ0) is 13.8. The van der Waals surface area contributed by atoms with E-state index in [0.717, 1.165) is 31.6 Å². The third kappa shape index (κ3) is 3.69. The average Bonchev–Trinajstić information content (AvgIpc) is 2.39. The molecule has 0 saturated carbocycles. The maximum Gasteiger partial charge on any atom is 0.219 e. The summed E-state index contributed by atoms with van der Waals surface area (Å²) in [6, 6.07) is 2.62. The lowest BCUT2D eigenvalue weighted by Gasteiger charge is -2.32. The van der Waals surface area contributed by atoms with Crippen molar-refractivity contribution in [3.05, 3.63) is 24.0 Å². The minimum atomic E-state index is 0.182. The summed E-state index contributed by atoms with van der Waals surface area (Å²) >= 11 is 0. The second kappa shape index (κ2) is 6.04. The Morgan fingerprint density at radius 1 is 1.37 bits per heavy atom. The fourth-order valence-electron chi connectivity index (χ4n) is 2.43. The van der Waals surface area contributed by atoms with Gasteiger partial charge in [-0.2, -0.15) is 0 Å². The fraction of sp³-hybridized carbons (Fsp3) is 0.600. The Bertz CT molecular complexity index is 437. The summed E-state index contributed by atoms with van der Waals surface area (Å²) in [6.07, 6.45) is 5.81. The van der Waals surface area contributed by atoms with E-state index in [2.05, 4.69) is 30.2 Å². The Labute approximate surface area is 115 Å². The number of rotatable bonds is 3. The van der Waals surface area contributed by atoms with E-state index in [1.807, 2.05) is 17.3 Å².